The average molecular weight is 203 g/mol. The summed E-state index contributed by atoms with van der Waals surface area (Å²) in [6, 6.07) is 4.84. The van der Waals surface area contributed by atoms with Gasteiger partial charge in [0.05, 0.1) is 12.8 Å². The summed E-state index contributed by atoms with van der Waals surface area (Å²) in [5.74, 6) is 5.26. The standard InChI is InChI=1S/C13H17NO/c1-2-10(15-5-1)7-14-13-11-8-3-4-9(6-8)12(11)13/h1-2,5,8-9,11-14H,3-4,6-7H2. The van der Waals surface area contributed by atoms with E-state index in [9.17, 15) is 0 Å². The van der Waals surface area contributed by atoms with Crippen LogP contribution in [0.4, 0.5) is 0 Å². The van der Waals surface area contributed by atoms with E-state index in [1.165, 1.54) is 19.3 Å². The summed E-state index contributed by atoms with van der Waals surface area (Å²) in [5.41, 5.74) is 0. The molecular weight excluding hydrogens is 186 g/mol. The lowest BCUT2D eigenvalue weighted by atomic mass is 10.0. The number of rotatable bonds is 3. The number of furan rings is 1. The van der Waals surface area contributed by atoms with E-state index in [-0.39, 0.29) is 0 Å². The van der Waals surface area contributed by atoms with Crippen molar-refractivity contribution in [3.8, 4) is 0 Å². The van der Waals surface area contributed by atoms with Gasteiger partial charge in [0.1, 0.15) is 5.76 Å². The van der Waals surface area contributed by atoms with Crippen LogP contribution in [0.25, 0.3) is 0 Å². The Balaban J connectivity index is 1.39. The minimum Gasteiger partial charge on any atom is -0.468 e. The van der Waals surface area contributed by atoms with Crippen LogP contribution in [0.1, 0.15) is 25.0 Å². The largest absolute Gasteiger partial charge is 0.468 e. The molecule has 2 heteroatoms. The van der Waals surface area contributed by atoms with Crippen molar-refractivity contribution in [2.24, 2.45) is 23.7 Å². The monoisotopic (exact) mass is 203 g/mol. The van der Waals surface area contributed by atoms with E-state index >= 15 is 0 Å². The number of hydrogen-bond donors (Lipinski definition) is 1. The van der Waals surface area contributed by atoms with E-state index in [0.717, 1.165) is 42.0 Å². The fourth-order valence-electron chi connectivity index (χ4n) is 4.23. The van der Waals surface area contributed by atoms with Gasteiger partial charge in [-0.1, -0.05) is 0 Å². The first-order valence-corrected chi connectivity index (χ1v) is 6.19. The van der Waals surface area contributed by atoms with Gasteiger partial charge in [0.25, 0.3) is 0 Å². The summed E-state index contributed by atoms with van der Waals surface area (Å²) in [5, 5.41) is 3.67. The van der Waals surface area contributed by atoms with Crippen LogP contribution in [0.3, 0.4) is 0 Å². The van der Waals surface area contributed by atoms with Crippen molar-refractivity contribution >= 4 is 0 Å². The van der Waals surface area contributed by atoms with Crippen LogP contribution in [0.15, 0.2) is 22.8 Å². The van der Waals surface area contributed by atoms with E-state index in [2.05, 4.69) is 11.4 Å². The Morgan fingerprint density at radius 1 is 1.27 bits per heavy atom. The maximum Gasteiger partial charge on any atom is 0.117 e. The highest BCUT2D eigenvalue weighted by Gasteiger charge is 2.64. The maximum atomic E-state index is 5.34. The molecule has 1 aromatic heterocycles. The molecular formula is C13H17NO. The topological polar surface area (TPSA) is 25.2 Å². The molecule has 1 aromatic rings. The fourth-order valence-corrected chi connectivity index (χ4v) is 4.23. The smallest absolute Gasteiger partial charge is 0.117 e. The third-order valence-corrected chi connectivity index (χ3v) is 4.83. The first kappa shape index (κ1) is 8.40. The summed E-state index contributed by atoms with van der Waals surface area (Å²) in [7, 11) is 0. The molecule has 80 valence electrons. The lowest BCUT2D eigenvalue weighted by Gasteiger charge is -2.09. The third kappa shape index (κ3) is 1.14. The van der Waals surface area contributed by atoms with Gasteiger partial charge in [0.2, 0.25) is 0 Å². The van der Waals surface area contributed by atoms with Crippen molar-refractivity contribution < 1.29 is 4.42 Å². The number of fused-ring (bicyclic) bond motifs is 5. The molecule has 15 heavy (non-hydrogen) atoms. The third-order valence-electron chi connectivity index (χ3n) is 4.83. The molecule has 2 nitrogen and oxygen atoms in total. The summed E-state index contributed by atoms with van der Waals surface area (Å²) in [6.45, 7) is 0.921. The Hall–Kier alpha value is -0.760. The van der Waals surface area contributed by atoms with Gasteiger partial charge in [-0.25, -0.2) is 0 Å². The number of nitrogens with one attached hydrogen (secondary N) is 1. The van der Waals surface area contributed by atoms with Crippen molar-refractivity contribution in [3.63, 3.8) is 0 Å². The minimum atomic E-state index is 0.821. The molecule has 0 radical (unpaired) electrons. The van der Waals surface area contributed by atoms with Crippen molar-refractivity contribution in [3.05, 3.63) is 24.2 Å². The second kappa shape index (κ2) is 2.88. The summed E-state index contributed by atoms with van der Waals surface area (Å²) in [6.07, 6.45) is 6.30. The molecule has 0 spiro atoms. The molecule has 4 unspecified atom stereocenters. The zero-order valence-corrected chi connectivity index (χ0v) is 8.86. The lowest BCUT2D eigenvalue weighted by molar-refractivity contribution is 0.430. The van der Waals surface area contributed by atoms with E-state index in [1.807, 2.05) is 6.07 Å². The first-order valence-electron chi connectivity index (χ1n) is 6.19. The zero-order chi connectivity index (χ0) is 9.83. The van der Waals surface area contributed by atoms with Crippen LogP contribution in [-0.4, -0.2) is 6.04 Å². The molecule has 4 atom stereocenters. The SMILES string of the molecule is c1coc(CNC2C3C4CCC(C4)C23)c1. The van der Waals surface area contributed by atoms with Crippen LogP contribution in [-0.2, 0) is 6.54 Å². The molecule has 3 aliphatic rings. The van der Waals surface area contributed by atoms with E-state index in [1.54, 1.807) is 6.26 Å². The molecule has 4 rings (SSSR count). The highest BCUT2D eigenvalue weighted by molar-refractivity contribution is 5.17. The average Bonchev–Trinajstić information content (AvgIpc) is 2.72. The molecule has 3 aliphatic carbocycles. The Morgan fingerprint density at radius 2 is 2.07 bits per heavy atom. The predicted molar refractivity (Wildman–Crippen MR) is 57.1 cm³/mol. The molecule has 0 amide bonds. The Bertz CT molecular complexity index is 343. The van der Waals surface area contributed by atoms with Crippen molar-refractivity contribution in [2.45, 2.75) is 31.8 Å². The molecule has 2 bridgehead atoms. The molecule has 3 saturated carbocycles. The van der Waals surface area contributed by atoms with Gasteiger partial charge < -0.3 is 9.73 Å². The summed E-state index contributed by atoms with van der Waals surface area (Å²) >= 11 is 0. The van der Waals surface area contributed by atoms with Gasteiger partial charge in [0.15, 0.2) is 0 Å². The van der Waals surface area contributed by atoms with Crippen molar-refractivity contribution in [2.75, 3.05) is 0 Å². The molecule has 1 N–H and O–H groups in total. The van der Waals surface area contributed by atoms with Gasteiger partial charge >= 0.3 is 0 Å². The van der Waals surface area contributed by atoms with Crippen LogP contribution < -0.4 is 5.32 Å². The maximum absolute atomic E-state index is 5.34. The first-order chi connectivity index (χ1) is 7.43. The van der Waals surface area contributed by atoms with Crippen molar-refractivity contribution in [1.29, 1.82) is 0 Å². The molecule has 0 aromatic carbocycles. The molecule has 3 fully saturated rings. The van der Waals surface area contributed by atoms with E-state index in [4.69, 9.17) is 4.42 Å². The van der Waals surface area contributed by atoms with Crippen LogP contribution >= 0.6 is 0 Å². The molecule has 0 saturated heterocycles. The number of hydrogen-bond acceptors (Lipinski definition) is 2. The van der Waals surface area contributed by atoms with Gasteiger partial charge in [-0.15, -0.1) is 0 Å². The normalized spacial score (nSPS) is 45.7. The quantitative estimate of drug-likeness (QED) is 0.816. The second-order valence-electron chi connectivity index (χ2n) is 5.47. The molecule has 0 aliphatic heterocycles. The van der Waals surface area contributed by atoms with Crippen LogP contribution in [0.2, 0.25) is 0 Å². The fraction of sp³-hybridized carbons (Fsp3) is 0.692. The van der Waals surface area contributed by atoms with Gasteiger partial charge in [0, 0.05) is 6.04 Å². The highest BCUT2D eigenvalue weighted by atomic mass is 16.3. The Morgan fingerprint density at radius 3 is 2.73 bits per heavy atom. The zero-order valence-electron chi connectivity index (χ0n) is 8.86. The lowest BCUT2D eigenvalue weighted by Crippen LogP contribution is -2.22. The van der Waals surface area contributed by atoms with Crippen LogP contribution in [0.5, 0.6) is 0 Å². The van der Waals surface area contributed by atoms with Gasteiger partial charge in [-0.2, -0.15) is 0 Å². The van der Waals surface area contributed by atoms with Gasteiger partial charge in [-0.3, -0.25) is 0 Å². The second-order valence-corrected chi connectivity index (χ2v) is 5.47. The Kier molecular flexibility index (Phi) is 1.61. The minimum absolute atomic E-state index is 0.821. The van der Waals surface area contributed by atoms with Gasteiger partial charge in [-0.05, 0) is 55.1 Å². The predicted octanol–water partition coefficient (Wildman–Crippen LogP) is 2.41. The highest BCUT2D eigenvalue weighted by Crippen LogP contribution is 2.65. The Labute approximate surface area is 90.0 Å². The summed E-state index contributed by atoms with van der Waals surface area (Å²) < 4.78 is 5.34. The summed E-state index contributed by atoms with van der Waals surface area (Å²) in [4.78, 5) is 0. The van der Waals surface area contributed by atoms with E-state index in [0.29, 0.717) is 0 Å². The van der Waals surface area contributed by atoms with Crippen LogP contribution in [0, 0.1) is 23.7 Å². The molecule has 1 heterocycles. The van der Waals surface area contributed by atoms with E-state index < -0.39 is 0 Å². The van der Waals surface area contributed by atoms with Crippen molar-refractivity contribution in [1.82, 2.24) is 5.32 Å².